The number of nitrogens with one attached hydrogen (secondary N) is 1. The molecule has 0 aromatic heterocycles. The lowest BCUT2D eigenvalue weighted by molar-refractivity contribution is 0.158. The number of aliphatic hydroxyl groups is 1. The lowest BCUT2D eigenvalue weighted by Gasteiger charge is -2.11. The summed E-state index contributed by atoms with van der Waals surface area (Å²) >= 11 is 0. The highest BCUT2D eigenvalue weighted by Crippen LogP contribution is 2.13. The average molecular weight is 370 g/mol. The maximum Gasteiger partial charge on any atom is 0.0664 e. The first-order valence-electron chi connectivity index (χ1n) is 12.2. The van der Waals surface area contributed by atoms with Gasteiger partial charge in [0.2, 0.25) is 0 Å². The van der Waals surface area contributed by atoms with Crippen LogP contribution in [0.1, 0.15) is 136 Å². The standard InChI is InChI=1S/C24H51NO/c1-3-5-7-9-10-11-12-13-14-15-16-17-18-19-21-24(26)23-25-22-20-8-6-4-2/h24-26H,3-23H2,1-2H3. The first-order chi connectivity index (χ1) is 12.8. The van der Waals surface area contributed by atoms with Gasteiger partial charge in [-0.3, -0.25) is 0 Å². The zero-order valence-corrected chi connectivity index (χ0v) is 18.4. The fourth-order valence-electron chi connectivity index (χ4n) is 3.62. The minimum absolute atomic E-state index is 0.140. The Bertz CT molecular complexity index is 244. The molecule has 0 aliphatic heterocycles. The third kappa shape index (κ3) is 22.0. The van der Waals surface area contributed by atoms with E-state index in [2.05, 4.69) is 19.2 Å². The molecule has 1 atom stereocenters. The van der Waals surface area contributed by atoms with Crippen LogP contribution in [0.25, 0.3) is 0 Å². The number of hydrogen-bond donors (Lipinski definition) is 2. The molecular weight excluding hydrogens is 318 g/mol. The van der Waals surface area contributed by atoms with Crippen LogP contribution in [-0.4, -0.2) is 24.3 Å². The molecule has 0 saturated heterocycles. The third-order valence-corrected chi connectivity index (χ3v) is 5.48. The maximum atomic E-state index is 9.98. The molecule has 0 aliphatic rings. The molecule has 1 unspecified atom stereocenters. The minimum Gasteiger partial charge on any atom is -0.392 e. The van der Waals surface area contributed by atoms with E-state index in [0.717, 1.165) is 19.5 Å². The third-order valence-electron chi connectivity index (χ3n) is 5.48. The van der Waals surface area contributed by atoms with Crippen molar-refractivity contribution in [2.75, 3.05) is 13.1 Å². The van der Waals surface area contributed by atoms with Crippen LogP contribution in [0.4, 0.5) is 0 Å². The topological polar surface area (TPSA) is 32.3 Å². The summed E-state index contributed by atoms with van der Waals surface area (Å²) in [6, 6.07) is 0. The van der Waals surface area contributed by atoms with Crippen LogP contribution >= 0.6 is 0 Å². The second-order valence-electron chi connectivity index (χ2n) is 8.30. The zero-order chi connectivity index (χ0) is 19.1. The van der Waals surface area contributed by atoms with Gasteiger partial charge < -0.3 is 10.4 Å². The monoisotopic (exact) mass is 369 g/mol. The molecule has 0 heterocycles. The van der Waals surface area contributed by atoms with Crippen LogP contribution in [-0.2, 0) is 0 Å². The van der Waals surface area contributed by atoms with Crippen molar-refractivity contribution in [1.29, 1.82) is 0 Å². The van der Waals surface area contributed by atoms with Crippen molar-refractivity contribution >= 4 is 0 Å². The summed E-state index contributed by atoms with van der Waals surface area (Å²) in [4.78, 5) is 0. The zero-order valence-electron chi connectivity index (χ0n) is 18.4. The Labute approximate surface area is 165 Å². The van der Waals surface area contributed by atoms with Gasteiger partial charge in [-0.25, -0.2) is 0 Å². The quantitative estimate of drug-likeness (QED) is 0.195. The Morgan fingerprint density at radius 3 is 1.38 bits per heavy atom. The summed E-state index contributed by atoms with van der Waals surface area (Å²) in [6.07, 6.45) is 25.6. The van der Waals surface area contributed by atoms with E-state index < -0.39 is 0 Å². The van der Waals surface area contributed by atoms with Crippen molar-refractivity contribution < 1.29 is 5.11 Å². The van der Waals surface area contributed by atoms with Crippen molar-refractivity contribution in [2.45, 2.75) is 142 Å². The maximum absolute atomic E-state index is 9.98. The largest absolute Gasteiger partial charge is 0.392 e. The molecule has 0 saturated carbocycles. The Balaban J connectivity index is 3.09. The Morgan fingerprint density at radius 2 is 0.923 bits per heavy atom. The van der Waals surface area contributed by atoms with Gasteiger partial charge in [0.15, 0.2) is 0 Å². The molecule has 0 aromatic rings. The molecule has 0 fully saturated rings. The van der Waals surface area contributed by atoms with Gasteiger partial charge in [0.05, 0.1) is 6.10 Å². The fraction of sp³-hybridized carbons (Fsp3) is 1.00. The van der Waals surface area contributed by atoms with E-state index in [1.165, 1.54) is 116 Å². The molecule has 0 radical (unpaired) electrons. The van der Waals surface area contributed by atoms with E-state index >= 15 is 0 Å². The first-order valence-corrected chi connectivity index (χ1v) is 12.2. The van der Waals surface area contributed by atoms with Gasteiger partial charge in [0.1, 0.15) is 0 Å². The van der Waals surface area contributed by atoms with E-state index in [1.807, 2.05) is 0 Å². The van der Waals surface area contributed by atoms with Gasteiger partial charge in [-0.1, -0.05) is 123 Å². The van der Waals surface area contributed by atoms with Crippen molar-refractivity contribution in [3.8, 4) is 0 Å². The smallest absolute Gasteiger partial charge is 0.0664 e. The first kappa shape index (κ1) is 25.9. The van der Waals surface area contributed by atoms with E-state index in [1.54, 1.807) is 0 Å². The van der Waals surface area contributed by atoms with E-state index in [9.17, 15) is 5.11 Å². The highest BCUT2D eigenvalue weighted by molar-refractivity contribution is 4.60. The van der Waals surface area contributed by atoms with Crippen LogP contribution in [0.2, 0.25) is 0 Å². The summed E-state index contributed by atoms with van der Waals surface area (Å²) in [5.41, 5.74) is 0. The molecule has 0 spiro atoms. The summed E-state index contributed by atoms with van der Waals surface area (Å²) < 4.78 is 0. The van der Waals surface area contributed by atoms with Crippen molar-refractivity contribution in [3.05, 3.63) is 0 Å². The second-order valence-corrected chi connectivity index (χ2v) is 8.30. The molecule has 2 heteroatoms. The highest BCUT2D eigenvalue weighted by atomic mass is 16.3. The van der Waals surface area contributed by atoms with Crippen LogP contribution in [0.15, 0.2) is 0 Å². The molecular formula is C24H51NO. The molecule has 158 valence electrons. The van der Waals surface area contributed by atoms with Crippen molar-refractivity contribution in [2.24, 2.45) is 0 Å². The number of rotatable bonds is 22. The molecule has 2 nitrogen and oxygen atoms in total. The molecule has 26 heavy (non-hydrogen) atoms. The molecule has 2 N–H and O–H groups in total. The predicted octanol–water partition coefficient (Wildman–Crippen LogP) is 7.39. The van der Waals surface area contributed by atoms with Gasteiger partial charge in [-0.2, -0.15) is 0 Å². The van der Waals surface area contributed by atoms with E-state index in [0.29, 0.717) is 0 Å². The van der Waals surface area contributed by atoms with Crippen LogP contribution in [0.5, 0.6) is 0 Å². The van der Waals surface area contributed by atoms with Gasteiger partial charge in [-0.15, -0.1) is 0 Å². The number of unbranched alkanes of at least 4 members (excludes halogenated alkanes) is 16. The average Bonchev–Trinajstić information content (AvgIpc) is 2.65. The molecule has 0 bridgehead atoms. The summed E-state index contributed by atoms with van der Waals surface area (Å²) in [5, 5.41) is 13.4. The lowest BCUT2D eigenvalue weighted by atomic mass is 10.0. The lowest BCUT2D eigenvalue weighted by Crippen LogP contribution is -2.27. The van der Waals surface area contributed by atoms with E-state index in [-0.39, 0.29) is 6.10 Å². The normalized spacial score (nSPS) is 12.6. The van der Waals surface area contributed by atoms with Crippen LogP contribution in [0, 0.1) is 0 Å². The highest BCUT2D eigenvalue weighted by Gasteiger charge is 2.03. The summed E-state index contributed by atoms with van der Waals surface area (Å²) in [7, 11) is 0. The minimum atomic E-state index is -0.140. The second kappa shape index (κ2) is 23.0. The Hall–Kier alpha value is -0.0800. The van der Waals surface area contributed by atoms with Crippen LogP contribution in [0.3, 0.4) is 0 Å². The van der Waals surface area contributed by atoms with E-state index in [4.69, 9.17) is 0 Å². The molecule has 0 rings (SSSR count). The number of aliphatic hydroxyl groups excluding tert-OH is 1. The molecule has 0 aliphatic carbocycles. The summed E-state index contributed by atoms with van der Waals surface area (Å²) in [5.74, 6) is 0. The van der Waals surface area contributed by atoms with Gasteiger partial charge in [0.25, 0.3) is 0 Å². The number of hydrogen-bond acceptors (Lipinski definition) is 2. The van der Waals surface area contributed by atoms with Crippen molar-refractivity contribution in [1.82, 2.24) is 5.32 Å². The Morgan fingerprint density at radius 1 is 0.538 bits per heavy atom. The molecule has 0 aromatic carbocycles. The SMILES string of the molecule is CCCCCCCCCCCCCCCCC(O)CNCCCCCC. The Kier molecular flexibility index (Phi) is 22.9. The molecule has 0 amide bonds. The van der Waals surface area contributed by atoms with Crippen LogP contribution < -0.4 is 5.32 Å². The fourth-order valence-corrected chi connectivity index (χ4v) is 3.62. The van der Waals surface area contributed by atoms with Gasteiger partial charge >= 0.3 is 0 Å². The van der Waals surface area contributed by atoms with Crippen molar-refractivity contribution in [3.63, 3.8) is 0 Å². The van der Waals surface area contributed by atoms with Gasteiger partial charge in [0, 0.05) is 6.54 Å². The van der Waals surface area contributed by atoms with Gasteiger partial charge in [-0.05, 0) is 19.4 Å². The summed E-state index contributed by atoms with van der Waals surface area (Å²) in [6.45, 7) is 6.38. The predicted molar refractivity (Wildman–Crippen MR) is 118 cm³/mol.